The van der Waals surface area contributed by atoms with E-state index >= 15 is 0 Å². The van der Waals surface area contributed by atoms with E-state index in [1.165, 1.54) is 5.56 Å². The van der Waals surface area contributed by atoms with E-state index in [0.717, 1.165) is 27.8 Å². The fourth-order valence-electron chi connectivity index (χ4n) is 3.33. The van der Waals surface area contributed by atoms with Crippen molar-refractivity contribution in [2.45, 2.75) is 0 Å². The molecule has 0 aliphatic carbocycles. The molecule has 0 saturated heterocycles. The second-order valence-electron chi connectivity index (χ2n) is 6.51. The van der Waals surface area contributed by atoms with E-state index in [1.54, 1.807) is 18.2 Å². The minimum absolute atomic E-state index is 0.547. The van der Waals surface area contributed by atoms with Crippen molar-refractivity contribution in [3.63, 3.8) is 0 Å². The summed E-state index contributed by atoms with van der Waals surface area (Å²) < 4.78 is 0. The number of benzene rings is 4. The maximum atomic E-state index is 9.46. The highest BCUT2D eigenvalue weighted by molar-refractivity contribution is 5.79. The Hall–Kier alpha value is -4.14. The van der Waals surface area contributed by atoms with Crippen molar-refractivity contribution < 1.29 is 0 Å². The molecule has 4 aromatic rings. The summed E-state index contributed by atoms with van der Waals surface area (Å²) in [7, 11) is 0. The topological polar surface area (TPSA) is 47.6 Å². The summed E-state index contributed by atoms with van der Waals surface area (Å²) in [5, 5.41) is 18.7. The van der Waals surface area contributed by atoms with Crippen LogP contribution in [0.15, 0.2) is 97.1 Å². The minimum Gasteiger partial charge on any atom is -0.192 e. The average molecular weight is 356 g/mol. The predicted molar refractivity (Wildman–Crippen MR) is 112 cm³/mol. The highest BCUT2D eigenvalue weighted by Gasteiger charge is 2.08. The van der Waals surface area contributed by atoms with Crippen molar-refractivity contribution in [1.82, 2.24) is 0 Å². The van der Waals surface area contributed by atoms with Crippen molar-refractivity contribution in [3.05, 3.63) is 108 Å². The second-order valence-corrected chi connectivity index (χ2v) is 6.51. The van der Waals surface area contributed by atoms with Gasteiger partial charge in [-0.1, -0.05) is 66.7 Å². The second kappa shape index (κ2) is 7.62. The van der Waals surface area contributed by atoms with E-state index in [9.17, 15) is 10.5 Å². The Morgan fingerprint density at radius 1 is 0.464 bits per heavy atom. The van der Waals surface area contributed by atoms with Gasteiger partial charge in [0.15, 0.2) is 0 Å². The fraction of sp³-hybridized carbons (Fsp3) is 0. The van der Waals surface area contributed by atoms with Gasteiger partial charge in [-0.05, 0) is 58.1 Å². The quantitative estimate of drug-likeness (QED) is 0.424. The summed E-state index contributed by atoms with van der Waals surface area (Å²) in [4.78, 5) is 0. The number of hydrogen-bond acceptors (Lipinski definition) is 2. The van der Waals surface area contributed by atoms with E-state index in [4.69, 9.17) is 0 Å². The summed E-state index contributed by atoms with van der Waals surface area (Å²) in [6, 6.07) is 36.3. The molecule has 0 unspecified atom stereocenters. The molecule has 2 nitrogen and oxygen atoms in total. The molecule has 0 radical (unpaired) electrons. The molecular formula is C26H16N2. The van der Waals surface area contributed by atoms with E-state index in [-0.39, 0.29) is 0 Å². The van der Waals surface area contributed by atoms with Gasteiger partial charge in [-0.3, -0.25) is 0 Å². The highest BCUT2D eigenvalue weighted by atomic mass is 14.3. The van der Waals surface area contributed by atoms with Crippen LogP contribution in [0, 0.1) is 22.7 Å². The van der Waals surface area contributed by atoms with E-state index in [2.05, 4.69) is 60.7 Å². The Morgan fingerprint density at radius 2 is 1.04 bits per heavy atom. The van der Waals surface area contributed by atoms with Gasteiger partial charge in [0.1, 0.15) is 0 Å². The molecule has 4 rings (SSSR count). The third-order valence-corrected chi connectivity index (χ3v) is 4.75. The summed E-state index contributed by atoms with van der Waals surface area (Å²) in [6.07, 6.45) is 0. The number of hydrogen-bond donors (Lipinski definition) is 0. The lowest BCUT2D eigenvalue weighted by Crippen LogP contribution is -1.88. The third-order valence-electron chi connectivity index (χ3n) is 4.75. The van der Waals surface area contributed by atoms with Crippen LogP contribution in [-0.2, 0) is 0 Å². The van der Waals surface area contributed by atoms with E-state index in [0.29, 0.717) is 11.1 Å². The summed E-state index contributed by atoms with van der Waals surface area (Å²) in [6.45, 7) is 0. The lowest BCUT2D eigenvalue weighted by Gasteiger charge is -2.10. The van der Waals surface area contributed by atoms with Gasteiger partial charge >= 0.3 is 0 Å². The Kier molecular flexibility index (Phi) is 4.70. The maximum absolute atomic E-state index is 9.46. The summed E-state index contributed by atoms with van der Waals surface area (Å²) >= 11 is 0. The first-order chi connectivity index (χ1) is 13.8. The Balaban J connectivity index is 1.79. The minimum atomic E-state index is 0.547. The lowest BCUT2D eigenvalue weighted by atomic mass is 9.94. The molecule has 28 heavy (non-hydrogen) atoms. The first-order valence-electron chi connectivity index (χ1n) is 8.99. The normalized spacial score (nSPS) is 10.1. The van der Waals surface area contributed by atoms with Crippen molar-refractivity contribution in [3.8, 4) is 45.5 Å². The molecule has 2 heteroatoms. The first kappa shape index (κ1) is 17.3. The molecule has 0 aliphatic rings. The zero-order valence-electron chi connectivity index (χ0n) is 15.1. The number of nitriles is 2. The molecule has 0 N–H and O–H groups in total. The van der Waals surface area contributed by atoms with Crippen LogP contribution >= 0.6 is 0 Å². The van der Waals surface area contributed by atoms with Crippen LogP contribution in [-0.4, -0.2) is 0 Å². The van der Waals surface area contributed by atoms with Crippen molar-refractivity contribution in [2.75, 3.05) is 0 Å². The van der Waals surface area contributed by atoms with Crippen LogP contribution in [0.2, 0.25) is 0 Å². The first-order valence-corrected chi connectivity index (χ1v) is 8.99. The van der Waals surface area contributed by atoms with Crippen LogP contribution in [0.4, 0.5) is 0 Å². The number of nitrogens with zero attached hydrogens (tertiary/aromatic N) is 2. The molecule has 4 aromatic carbocycles. The summed E-state index contributed by atoms with van der Waals surface area (Å²) in [5.41, 5.74) is 7.33. The van der Waals surface area contributed by atoms with Crippen molar-refractivity contribution in [2.24, 2.45) is 0 Å². The standard InChI is InChI=1S/C26H16N2/c27-17-19-12-13-25(18-28)26(14-19)24-11-5-10-23(16-24)22-9-4-8-21(15-22)20-6-2-1-3-7-20/h1-16H. The zero-order chi connectivity index (χ0) is 19.3. The summed E-state index contributed by atoms with van der Waals surface area (Å²) in [5.74, 6) is 0. The molecule has 0 amide bonds. The predicted octanol–water partition coefficient (Wildman–Crippen LogP) is 6.43. The SMILES string of the molecule is N#Cc1ccc(C#N)c(-c2cccc(-c3cccc(-c4ccccc4)c3)c2)c1. The van der Waals surface area contributed by atoms with Gasteiger partial charge in [0.2, 0.25) is 0 Å². The van der Waals surface area contributed by atoms with Crippen LogP contribution < -0.4 is 0 Å². The molecule has 0 bridgehead atoms. The smallest absolute Gasteiger partial charge is 0.0998 e. The molecule has 0 atom stereocenters. The zero-order valence-corrected chi connectivity index (χ0v) is 15.1. The van der Waals surface area contributed by atoms with E-state index in [1.807, 2.05) is 30.3 Å². The molecule has 0 heterocycles. The molecule has 0 aromatic heterocycles. The van der Waals surface area contributed by atoms with Crippen molar-refractivity contribution >= 4 is 0 Å². The van der Waals surface area contributed by atoms with Crippen LogP contribution in [0.5, 0.6) is 0 Å². The largest absolute Gasteiger partial charge is 0.192 e. The average Bonchev–Trinajstić information content (AvgIpc) is 2.79. The molecule has 0 saturated carbocycles. The fourth-order valence-corrected chi connectivity index (χ4v) is 3.33. The van der Waals surface area contributed by atoms with Crippen LogP contribution in [0.1, 0.15) is 11.1 Å². The van der Waals surface area contributed by atoms with Gasteiger partial charge in [-0.15, -0.1) is 0 Å². The maximum Gasteiger partial charge on any atom is 0.0998 e. The molecule has 0 fully saturated rings. The molecule has 0 spiro atoms. The third kappa shape index (κ3) is 3.40. The highest BCUT2D eigenvalue weighted by Crippen LogP contribution is 2.31. The van der Waals surface area contributed by atoms with Gasteiger partial charge in [-0.2, -0.15) is 10.5 Å². The molecule has 0 aliphatic heterocycles. The van der Waals surface area contributed by atoms with Gasteiger partial charge in [-0.25, -0.2) is 0 Å². The van der Waals surface area contributed by atoms with Crippen LogP contribution in [0.25, 0.3) is 33.4 Å². The molecular weight excluding hydrogens is 340 g/mol. The van der Waals surface area contributed by atoms with E-state index < -0.39 is 0 Å². The Morgan fingerprint density at radius 3 is 1.68 bits per heavy atom. The van der Waals surface area contributed by atoms with Gasteiger partial charge in [0.05, 0.1) is 23.3 Å². The Bertz CT molecular complexity index is 1230. The van der Waals surface area contributed by atoms with Crippen LogP contribution in [0.3, 0.4) is 0 Å². The Labute approximate surface area is 164 Å². The molecule has 130 valence electrons. The number of rotatable bonds is 3. The van der Waals surface area contributed by atoms with Gasteiger partial charge in [0.25, 0.3) is 0 Å². The van der Waals surface area contributed by atoms with Gasteiger partial charge < -0.3 is 0 Å². The van der Waals surface area contributed by atoms with Crippen molar-refractivity contribution in [1.29, 1.82) is 10.5 Å². The lowest BCUT2D eigenvalue weighted by molar-refractivity contribution is 1.45. The van der Waals surface area contributed by atoms with Gasteiger partial charge in [0, 0.05) is 5.56 Å². The monoisotopic (exact) mass is 356 g/mol.